The van der Waals surface area contributed by atoms with Gasteiger partial charge in [-0.1, -0.05) is 53.5 Å². The Kier molecular flexibility index (Phi) is 11.9. The lowest BCUT2D eigenvalue weighted by molar-refractivity contribution is -0.134. The first kappa shape index (κ1) is 28.5. The first-order valence-corrected chi connectivity index (χ1v) is 11.9. The zero-order chi connectivity index (χ0) is 25.8. The highest BCUT2D eigenvalue weighted by Gasteiger charge is 2.27. The maximum Gasteiger partial charge on any atom is 0.247 e. The lowest BCUT2D eigenvalue weighted by Crippen LogP contribution is -2.52. The molecule has 0 bridgehead atoms. The van der Waals surface area contributed by atoms with Crippen LogP contribution in [-0.2, 0) is 20.8 Å². The molecule has 2 rings (SSSR count). The van der Waals surface area contributed by atoms with Gasteiger partial charge < -0.3 is 32.7 Å². The van der Waals surface area contributed by atoms with Crippen molar-refractivity contribution in [1.29, 1.82) is 0 Å². The summed E-state index contributed by atoms with van der Waals surface area (Å²) in [5, 5.41) is 5.61. The van der Waals surface area contributed by atoms with Crippen molar-refractivity contribution in [3.63, 3.8) is 0 Å². The van der Waals surface area contributed by atoms with Gasteiger partial charge in [0.2, 0.25) is 17.7 Å². The Labute approximate surface area is 214 Å². The van der Waals surface area contributed by atoms with Gasteiger partial charge in [-0.3, -0.25) is 19.4 Å². The topological polar surface area (TPSA) is 169 Å². The van der Waals surface area contributed by atoms with E-state index in [1.807, 2.05) is 30.3 Å². The van der Waals surface area contributed by atoms with Crippen molar-refractivity contribution in [2.75, 3.05) is 31.5 Å². The van der Waals surface area contributed by atoms with E-state index in [0.29, 0.717) is 19.5 Å². The zero-order valence-electron chi connectivity index (χ0n) is 19.3. The molecule has 2 aromatic rings. The van der Waals surface area contributed by atoms with Gasteiger partial charge in [0.05, 0.1) is 28.2 Å². The fraction of sp³-hybridized carbons (Fsp3) is 0.391. The molecule has 3 amide bonds. The SMILES string of the molecule is NCCN(CCN)C(=O)C[C@H](N)C(=O)N[C@@H](CCc1ccccc1)C(=O)Nc1c(Cl)cncc1Cl. The summed E-state index contributed by atoms with van der Waals surface area (Å²) < 4.78 is 0. The van der Waals surface area contributed by atoms with Crippen LogP contribution in [0.25, 0.3) is 0 Å². The van der Waals surface area contributed by atoms with Crippen molar-refractivity contribution < 1.29 is 14.4 Å². The predicted octanol–water partition coefficient (Wildman–Crippen LogP) is 0.908. The van der Waals surface area contributed by atoms with E-state index in [2.05, 4.69) is 15.6 Å². The third-order valence-electron chi connectivity index (χ3n) is 5.18. The zero-order valence-corrected chi connectivity index (χ0v) is 20.8. The minimum atomic E-state index is -1.17. The molecule has 190 valence electrons. The first-order valence-electron chi connectivity index (χ1n) is 11.1. The van der Waals surface area contributed by atoms with Gasteiger partial charge in [-0.2, -0.15) is 0 Å². The number of nitrogens with two attached hydrogens (primary N) is 3. The lowest BCUT2D eigenvalue weighted by Gasteiger charge is -2.24. The van der Waals surface area contributed by atoms with E-state index in [1.165, 1.54) is 17.3 Å². The van der Waals surface area contributed by atoms with Crippen molar-refractivity contribution in [3.8, 4) is 0 Å². The largest absolute Gasteiger partial charge is 0.343 e. The Morgan fingerprint density at radius 3 is 2.14 bits per heavy atom. The number of carbonyl (C=O) groups is 3. The number of rotatable bonds is 13. The van der Waals surface area contributed by atoms with Gasteiger partial charge in [-0.05, 0) is 18.4 Å². The van der Waals surface area contributed by atoms with E-state index in [0.717, 1.165) is 5.56 Å². The average Bonchev–Trinajstić information content (AvgIpc) is 2.84. The van der Waals surface area contributed by atoms with Crippen LogP contribution in [-0.4, -0.2) is 65.9 Å². The Morgan fingerprint density at radius 2 is 1.57 bits per heavy atom. The summed E-state index contributed by atoms with van der Waals surface area (Å²) >= 11 is 12.2. The summed E-state index contributed by atoms with van der Waals surface area (Å²) in [6.45, 7) is 1.13. The molecule has 1 aromatic heterocycles. The number of halogens is 2. The van der Waals surface area contributed by atoms with Crippen molar-refractivity contribution in [3.05, 3.63) is 58.3 Å². The highest BCUT2D eigenvalue weighted by molar-refractivity contribution is 6.39. The van der Waals surface area contributed by atoms with Gasteiger partial charge >= 0.3 is 0 Å². The molecule has 0 radical (unpaired) electrons. The number of nitrogens with one attached hydrogen (secondary N) is 2. The van der Waals surface area contributed by atoms with Crippen LogP contribution < -0.4 is 27.8 Å². The number of aromatic nitrogens is 1. The monoisotopic (exact) mass is 523 g/mol. The van der Waals surface area contributed by atoms with Crippen LogP contribution >= 0.6 is 23.2 Å². The summed E-state index contributed by atoms with van der Waals surface area (Å²) in [5.41, 5.74) is 18.3. The highest BCUT2D eigenvalue weighted by Crippen LogP contribution is 2.28. The second-order valence-corrected chi connectivity index (χ2v) is 8.64. The molecule has 0 unspecified atom stereocenters. The second-order valence-electron chi connectivity index (χ2n) is 7.82. The molecule has 0 aliphatic carbocycles. The van der Waals surface area contributed by atoms with Gasteiger partial charge in [0.25, 0.3) is 0 Å². The molecular weight excluding hydrogens is 493 g/mol. The maximum absolute atomic E-state index is 13.1. The molecule has 0 spiro atoms. The summed E-state index contributed by atoms with van der Waals surface area (Å²) in [6, 6.07) is 7.36. The summed E-state index contributed by atoms with van der Waals surface area (Å²) in [7, 11) is 0. The van der Waals surface area contributed by atoms with Crippen LogP contribution in [0.1, 0.15) is 18.4 Å². The van der Waals surface area contributed by atoms with Crippen molar-refractivity contribution in [2.24, 2.45) is 17.2 Å². The number of carbonyl (C=O) groups excluding carboxylic acids is 3. The number of hydrogen-bond acceptors (Lipinski definition) is 7. The molecule has 2 atom stereocenters. The number of nitrogens with zero attached hydrogens (tertiary/aromatic N) is 2. The number of anilines is 1. The van der Waals surface area contributed by atoms with Crippen molar-refractivity contribution in [2.45, 2.75) is 31.3 Å². The van der Waals surface area contributed by atoms with Gasteiger partial charge in [0.1, 0.15) is 6.04 Å². The highest BCUT2D eigenvalue weighted by atomic mass is 35.5. The molecule has 0 fully saturated rings. The van der Waals surface area contributed by atoms with E-state index in [1.54, 1.807) is 0 Å². The molecule has 12 heteroatoms. The molecule has 10 nitrogen and oxygen atoms in total. The summed E-state index contributed by atoms with van der Waals surface area (Å²) in [4.78, 5) is 43.8. The first-order chi connectivity index (χ1) is 16.8. The van der Waals surface area contributed by atoms with Crippen molar-refractivity contribution >= 4 is 46.6 Å². The van der Waals surface area contributed by atoms with Crippen LogP contribution in [0.15, 0.2) is 42.7 Å². The third-order valence-corrected chi connectivity index (χ3v) is 5.75. The van der Waals surface area contributed by atoms with Gasteiger partial charge in [-0.25, -0.2) is 0 Å². The Bertz CT molecular complexity index is 968. The molecule has 0 aliphatic rings. The van der Waals surface area contributed by atoms with E-state index in [4.69, 9.17) is 40.4 Å². The summed E-state index contributed by atoms with van der Waals surface area (Å²) in [5.74, 6) is -1.51. The number of amides is 3. The second kappa shape index (κ2) is 14.6. The molecular formula is C23H31Cl2N7O3. The minimum Gasteiger partial charge on any atom is -0.343 e. The van der Waals surface area contributed by atoms with E-state index in [9.17, 15) is 14.4 Å². The molecule has 8 N–H and O–H groups in total. The smallest absolute Gasteiger partial charge is 0.247 e. The van der Waals surface area contributed by atoms with E-state index >= 15 is 0 Å². The normalized spacial score (nSPS) is 12.5. The van der Waals surface area contributed by atoms with Gasteiger partial charge in [0.15, 0.2) is 0 Å². The Morgan fingerprint density at radius 1 is 0.971 bits per heavy atom. The molecule has 1 heterocycles. The van der Waals surface area contributed by atoms with E-state index in [-0.39, 0.29) is 47.6 Å². The number of benzene rings is 1. The fourth-order valence-electron chi connectivity index (χ4n) is 3.33. The quantitative estimate of drug-likeness (QED) is 0.259. The minimum absolute atomic E-state index is 0.154. The molecule has 0 aliphatic heterocycles. The van der Waals surface area contributed by atoms with Crippen LogP contribution in [0.4, 0.5) is 5.69 Å². The Balaban J connectivity index is 2.12. The standard InChI is InChI=1S/C23H31Cl2N7O3/c24-16-13-29-14-17(25)21(16)31-23(35)19(7-6-15-4-2-1-3-5-15)30-22(34)18(28)12-20(33)32(10-8-26)11-9-27/h1-5,13-14,18-19H,6-12,26-28H2,(H,30,34)(H,29,31,35)/t18-,19-/m0/s1. The third kappa shape index (κ3) is 9.08. The maximum atomic E-state index is 13.1. The predicted molar refractivity (Wildman–Crippen MR) is 137 cm³/mol. The number of aryl methyl sites for hydroxylation is 1. The molecule has 0 saturated carbocycles. The molecule has 1 aromatic carbocycles. The lowest BCUT2D eigenvalue weighted by atomic mass is 10.0. The van der Waals surface area contributed by atoms with E-state index < -0.39 is 23.9 Å². The van der Waals surface area contributed by atoms with Crippen LogP contribution in [0.2, 0.25) is 10.0 Å². The van der Waals surface area contributed by atoms with Crippen LogP contribution in [0.5, 0.6) is 0 Å². The molecule has 35 heavy (non-hydrogen) atoms. The molecule has 0 saturated heterocycles. The number of hydrogen-bond donors (Lipinski definition) is 5. The summed E-state index contributed by atoms with van der Waals surface area (Å²) in [6.07, 6.45) is 3.22. The van der Waals surface area contributed by atoms with Gasteiger partial charge in [0, 0.05) is 38.6 Å². The van der Waals surface area contributed by atoms with Gasteiger partial charge in [-0.15, -0.1) is 0 Å². The van der Waals surface area contributed by atoms with Crippen LogP contribution in [0.3, 0.4) is 0 Å². The fourth-order valence-corrected chi connectivity index (χ4v) is 3.79. The average molecular weight is 524 g/mol. The number of pyridine rings is 1. The van der Waals surface area contributed by atoms with Crippen molar-refractivity contribution in [1.82, 2.24) is 15.2 Å². The van der Waals surface area contributed by atoms with Crippen LogP contribution in [0, 0.1) is 0 Å². The Hall–Kier alpha value is -2.76.